The molecule has 3 rings (SSSR count). The number of aromatic nitrogens is 2. The second-order valence-electron chi connectivity index (χ2n) is 14.3. The first-order chi connectivity index (χ1) is 19.4. The lowest BCUT2D eigenvalue weighted by Gasteiger charge is -2.34. The predicted octanol–water partition coefficient (Wildman–Crippen LogP) is 7.58. The number of hydrogen-bond donors (Lipinski definition) is 1. The summed E-state index contributed by atoms with van der Waals surface area (Å²) in [6.45, 7) is 26.0. The van der Waals surface area contributed by atoms with Gasteiger partial charge >= 0.3 is 6.09 Å². The molecule has 1 aromatic carbocycles. The minimum absolute atomic E-state index is 0.0700. The highest BCUT2D eigenvalue weighted by molar-refractivity contribution is 5.99. The molecule has 0 fully saturated rings. The summed E-state index contributed by atoms with van der Waals surface area (Å²) in [5.41, 5.74) is 10.8. The average molecular weight is 577 g/mol. The highest BCUT2D eigenvalue weighted by Gasteiger charge is 2.36. The molecule has 0 aliphatic rings. The molecule has 42 heavy (non-hydrogen) atoms. The molecule has 0 bridgehead atoms. The number of nitrogens with two attached hydrogens (primary N) is 1. The average Bonchev–Trinajstić information content (AvgIpc) is 3.20. The summed E-state index contributed by atoms with van der Waals surface area (Å²) in [4.78, 5) is 34.8. The predicted molar refractivity (Wildman–Crippen MR) is 173 cm³/mol. The molecule has 0 spiro atoms. The SMILES string of the molecule is Cc1cc(C)cc(-c2c(C(C)CN)c3cc(C(C)(C)C(=O)N(CC(C)C)CC(C)C)cnc3n2C(=O)OC(C)(C)C)c1. The Bertz CT molecular complexity index is 1410. The number of hydrogen-bond acceptors (Lipinski definition) is 5. The summed E-state index contributed by atoms with van der Waals surface area (Å²) in [5, 5.41) is 0.811. The van der Waals surface area contributed by atoms with E-state index >= 15 is 0 Å². The molecule has 7 heteroatoms. The van der Waals surface area contributed by atoms with Gasteiger partial charge in [0, 0.05) is 24.7 Å². The van der Waals surface area contributed by atoms with E-state index in [4.69, 9.17) is 15.5 Å². The van der Waals surface area contributed by atoms with Gasteiger partial charge in [-0.15, -0.1) is 0 Å². The van der Waals surface area contributed by atoms with Crippen molar-refractivity contribution in [2.45, 2.75) is 100 Å². The molecule has 230 valence electrons. The zero-order chi connectivity index (χ0) is 31.7. The molecule has 0 aliphatic heterocycles. The van der Waals surface area contributed by atoms with Crippen LogP contribution in [0.3, 0.4) is 0 Å². The topological polar surface area (TPSA) is 90.5 Å². The first-order valence-corrected chi connectivity index (χ1v) is 15.2. The smallest absolute Gasteiger partial charge is 0.420 e. The van der Waals surface area contributed by atoms with Crippen molar-refractivity contribution in [3.63, 3.8) is 0 Å². The van der Waals surface area contributed by atoms with Crippen molar-refractivity contribution in [3.8, 4) is 11.3 Å². The van der Waals surface area contributed by atoms with E-state index in [1.54, 1.807) is 10.8 Å². The fraction of sp³-hybridized carbons (Fsp3) is 0.571. The van der Waals surface area contributed by atoms with Gasteiger partial charge in [-0.1, -0.05) is 51.8 Å². The summed E-state index contributed by atoms with van der Waals surface area (Å²) >= 11 is 0. The Hall–Kier alpha value is -3.19. The van der Waals surface area contributed by atoms with Gasteiger partial charge < -0.3 is 15.4 Å². The van der Waals surface area contributed by atoms with Crippen molar-refractivity contribution in [1.29, 1.82) is 0 Å². The van der Waals surface area contributed by atoms with E-state index in [2.05, 4.69) is 52.8 Å². The first-order valence-electron chi connectivity index (χ1n) is 15.2. The number of benzene rings is 1. The van der Waals surface area contributed by atoms with Crippen LogP contribution in [0.2, 0.25) is 0 Å². The van der Waals surface area contributed by atoms with Gasteiger partial charge in [0.2, 0.25) is 5.91 Å². The fourth-order valence-electron chi connectivity index (χ4n) is 5.67. The quantitative estimate of drug-likeness (QED) is 0.283. The van der Waals surface area contributed by atoms with Crippen molar-refractivity contribution in [3.05, 3.63) is 52.7 Å². The molecular weight excluding hydrogens is 524 g/mol. The number of rotatable bonds is 9. The van der Waals surface area contributed by atoms with Gasteiger partial charge in [0.15, 0.2) is 0 Å². The lowest BCUT2D eigenvalue weighted by molar-refractivity contribution is -0.137. The highest BCUT2D eigenvalue weighted by Crippen LogP contribution is 2.40. The fourth-order valence-corrected chi connectivity index (χ4v) is 5.67. The molecule has 0 saturated heterocycles. The summed E-state index contributed by atoms with van der Waals surface area (Å²) in [6, 6.07) is 8.32. The monoisotopic (exact) mass is 576 g/mol. The van der Waals surface area contributed by atoms with E-state index in [0.717, 1.165) is 38.9 Å². The van der Waals surface area contributed by atoms with Crippen LogP contribution in [0.25, 0.3) is 22.3 Å². The van der Waals surface area contributed by atoms with E-state index in [9.17, 15) is 9.59 Å². The van der Waals surface area contributed by atoms with Gasteiger partial charge in [-0.2, -0.15) is 0 Å². The molecule has 2 N–H and O–H groups in total. The minimum atomic E-state index is -0.831. The summed E-state index contributed by atoms with van der Waals surface area (Å²) in [5.74, 6) is 0.690. The molecule has 1 amide bonds. The molecule has 1 unspecified atom stereocenters. The Labute approximate surface area is 252 Å². The van der Waals surface area contributed by atoms with Gasteiger partial charge in [0.1, 0.15) is 11.2 Å². The molecule has 7 nitrogen and oxygen atoms in total. The van der Waals surface area contributed by atoms with E-state index in [0.29, 0.717) is 37.1 Å². The minimum Gasteiger partial charge on any atom is -0.443 e. The van der Waals surface area contributed by atoms with Crippen LogP contribution >= 0.6 is 0 Å². The Balaban J connectivity index is 2.36. The van der Waals surface area contributed by atoms with E-state index < -0.39 is 17.1 Å². The van der Waals surface area contributed by atoms with Crippen LogP contribution in [0.15, 0.2) is 30.5 Å². The molecule has 2 aromatic heterocycles. The van der Waals surface area contributed by atoms with Crippen molar-refractivity contribution in [2.24, 2.45) is 17.6 Å². The number of ether oxygens (including phenoxy) is 1. The van der Waals surface area contributed by atoms with Crippen LogP contribution in [0.4, 0.5) is 4.79 Å². The third-order valence-corrected chi connectivity index (χ3v) is 7.48. The normalized spacial score (nSPS) is 13.2. The molecule has 2 heterocycles. The lowest BCUT2D eigenvalue weighted by Crippen LogP contribution is -2.46. The van der Waals surface area contributed by atoms with Crippen LogP contribution in [-0.2, 0) is 14.9 Å². The molecule has 1 atom stereocenters. The third-order valence-electron chi connectivity index (χ3n) is 7.48. The third kappa shape index (κ3) is 7.23. The maximum absolute atomic E-state index is 14.1. The Kier molecular flexibility index (Phi) is 9.98. The van der Waals surface area contributed by atoms with Crippen LogP contribution < -0.4 is 5.73 Å². The van der Waals surface area contributed by atoms with Crippen molar-refractivity contribution < 1.29 is 14.3 Å². The molecular formula is C35H52N4O3. The number of nitrogens with zero attached hydrogens (tertiary/aromatic N) is 3. The van der Waals surface area contributed by atoms with Gasteiger partial charge in [-0.05, 0) is 108 Å². The van der Waals surface area contributed by atoms with Crippen LogP contribution in [0.5, 0.6) is 0 Å². The van der Waals surface area contributed by atoms with Gasteiger partial charge in [-0.3, -0.25) is 4.79 Å². The second-order valence-corrected chi connectivity index (χ2v) is 14.3. The summed E-state index contributed by atoms with van der Waals surface area (Å²) in [7, 11) is 0. The maximum atomic E-state index is 14.1. The van der Waals surface area contributed by atoms with E-state index in [1.807, 2.05) is 59.4 Å². The van der Waals surface area contributed by atoms with Crippen molar-refractivity contribution >= 4 is 23.0 Å². The number of carbonyl (C=O) groups excluding carboxylic acids is 2. The lowest BCUT2D eigenvalue weighted by atomic mass is 9.82. The molecule has 0 aliphatic carbocycles. The maximum Gasteiger partial charge on any atom is 0.420 e. The standard InChI is InChI=1S/C35H52N4O3/c1-21(2)19-38(20-22(3)4)32(40)35(11,12)27-16-28-29(25(7)17-36)30(26-14-23(5)13-24(6)15-26)39(31(28)37-18-27)33(41)42-34(8,9)10/h13-16,18,21-22,25H,17,19-20,36H2,1-12H3. The largest absolute Gasteiger partial charge is 0.443 e. The molecule has 0 radical (unpaired) electrons. The zero-order valence-electron chi connectivity index (χ0n) is 27.9. The first kappa shape index (κ1) is 33.3. The number of fused-ring (bicyclic) bond motifs is 1. The Morgan fingerprint density at radius 3 is 1.95 bits per heavy atom. The molecule has 0 saturated carbocycles. The van der Waals surface area contributed by atoms with Gasteiger partial charge in [-0.25, -0.2) is 14.3 Å². The summed E-state index contributed by atoms with van der Waals surface area (Å²) < 4.78 is 7.51. The van der Waals surface area contributed by atoms with E-state index in [-0.39, 0.29) is 11.8 Å². The Morgan fingerprint density at radius 1 is 0.929 bits per heavy atom. The van der Waals surface area contributed by atoms with Crippen molar-refractivity contribution in [1.82, 2.24) is 14.5 Å². The Morgan fingerprint density at radius 2 is 1.48 bits per heavy atom. The zero-order valence-corrected chi connectivity index (χ0v) is 27.9. The highest BCUT2D eigenvalue weighted by atomic mass is 16.6. The number of carbonyl (C=O) groups is 2. The number of aryl methyl sites for hydroxylation is 2. The van der Waals surface area contributed by atoms with Crippen LogP contribution in [0.1, 0.15) is 97.4 Å². The second kappa shape index (κ2) is 12.6. The van der Waals surface area contributed by atoms with Crippen LogP contribution in [-0.4, -0.2) is 51.7 Å². The van der Waals surface area contributed by atoms with Crippen molar-refractivity contribution in [2.75, 3.05) is 19.6 Å². The number of pyridine rings is 1. The van der Waals surface area contributed by atoms with Gasteiger partial charge in [0.25, 0.3) is 0 Å². The van der Waals surface area contributed by atoms with Gasteiger partial charge in [0.05, 0.1) is 11.1 Å². The van der Waals surface area contributed by atoms with E-state index in [1.165, 1.54) is 0 Å². The summed E-state index contributed by atoms with van der Waals surface area (Å²) in [6.07, 6.45) is 1.25. The number of amides is 1. The molecule has 3 aromatic rings. The van der Waals surface area contributed by atoms with Crippen LogP contribution in [0, 0.1) is 25.7 Å².